The molecule has 0 bridgehead atoms. The predicted octanol–water partition coefficient (Wildman–Crippen LogP) is 3.29. The van der Waals surface area contributed by atoms with Gasteiger partial charge in [0.1, 0.15) is 5.82 Å². The minimum Gasteiger partial charge on any atom is -0.441 e. The number of hydrogen-bond acceptors (Lipinski definition) is 5. The van der Waals surface area contributed by atoms with Crippen LogP contribution in [0.3, 0.4) is 0 Å². The van der Waals surface area contributed by atoms with E-state index in [0.29, 0.717) is 17.2 Å². The monoisotopic (exact) mass is 410 g/mol. The van der Waals surface area contributed by atoms with Gasteiger partial charge in [-0.3, -0.25) is 20.4 Å². The number of carbonyl (C=O) groups excluding carboxylic acids is 2. The van der Waals surface area contributed by atoms with Crippen LogP contribution in [-0.2, 0) is 16.0 Å². The molecule has 0 spiro atoms. The summed E-state index contributed by atoms with van der Waals surface area (Å²) < 4.78 is 18.6. The molecule has 3 N–H and O–H groups in total. The molecule has 1 heterocycles. The number of nitrogens with one attached hydrogen (secondary N) is 3. The van der Waals surface area contributed by atoms with Crippen LogP contribution in [-0.4, -0.2) is 23.3 Å². The summed E-state index contributed by atoms with van der Waals surface area (Å²) in [6.45, 7) is 3.99. The van der Waals surface area contributed by atoms with Gasteiger partial charge in [0, 0.05) is 24.1 Å². The number of halogens is 1. The van der Waals surface area contributed by atoms with Gasteiger partial charge >= 0.3 is 0 Å². The quantitative estimate of drug-likeness (QED) is 0.520. The van der Waals surface area contributed by atoms with Crippen molar-refractivity contribution >= 4 is 17.5 Å². The molecule has 3 rings (SSSR count). The maximum absolute atomic E-state index is 13.0. The van der Waals surface area contributed by atoms with E-state index in [1.165, 1.54) is 18.3 Å². The topological polar surface area (TPSA) is 96.3 Å². The lowest BCUT2D eigenvalue weighted by molar-refractivity contribution is -0.128. The molecule has 0 radical (unpaired) electrons. The Morgan fingerprint density at radius 3 is 2.50 bits per heavy atom. The van der Waals surface area contributed by atoms with Crippen LogP contribution in [0.5, 0.6) is 0 Å². The molecular formula is C22H23FN4O3. The molecule has 1 aromatic heterocycles. The van der Waals surface area contributed by atoms with Gasteiger partial charge in [0.25, 0.3) is 5.91 Å². The zero-order valence-electron chi connectivity index (χ0n) is 16.8. The summed E-state index contributed by atoms with van der Waals surface area (Å²) in [6.07, 6.45) is 1.89. The summed E-state index contributed by atoms with van der Waals surface area (Å²) in [6, 6.07) is 11.7. The molecule has 0 aliphatic rings. The predicted molar refractivity (Wildman–Crippen MR) is 111 cm³/mol. The molecule has 30 heavy (non-hydrogen) atoms. The summed E-state index contributed by atoms with van der Waals surface area (Å²) in [7, 11) is 0. The highest BCUT2D eigenvalue weighted by Crippen LogP contribution is 2.21. The average Bonchev–Trinajstić information content (AvgIpc) is 3.19. The number of oxazole rings is 1. The van der Waals surface area contributed by atoms with E-state index in [4.69, 9.17) is 4.42 Å². The number of hydrazine groups is 1. The van der Waals surface area contributed by atoms with Gasteiger partial charge in [-0.05, 0) is 49.7 Å². The van der Waals surface area contributed by atoms with Crippen molar-refractivity contribution in [1.29, 1.82) is 0 Å². The number of rotatable bonds is 7. The van der Waals surface area contributed by atoms with Gasteiger partial charge in [0.2, 0.25) is 5.91 Å². The molecule has 156 valence electrons. The van der Waals surface area contributed by atoms with Crippen LogP contribution >= 0.6 is 0 Å². The Kier molecular flexibility index (Phi) is 6.79. The highest BCUT2D eigenvalue weighted by atomic mass is 19.1. The maximum Gasteiger partial charge on any atom is 0.257 e. The first-order chi connectivity index (χ1) is 14.4. The molecule has 3 aromatic rings. The van der Waals surface area contributed by atoms with Crippen LogP contribution < -0.4 is 16.2 Å². The van der Waals surface area contributed by atoms with Crippen molar-refractivity contribution in [2.45, 2.75) is 26.7 Å². The lowest BCUT2D eigenvalue weighted by atomic mass is 10.1. The van der Waals surface area contributed by atoms with Crippen LogP contribution in [0.15, 0.2) is 53.1 Å². The van der Waals surface area contributed by atoms with E-state index in [2.05, 4.69) is 21.2 Å². The van der Waals surface area contributed by atoms with Gasteiger partial charge in [-0.15, -0.1) is 0 Å². The van der Waals surface area contributed by atoms with Crippen molar-refractivity contribution in [2.75, 3.05) is 11.9 Å². The van der Waals surface area contributed by atoms with Crippen molar-refractivity contribution in [3.05, 3.63) is 71.5 Å². The average molecular weight is 410 g/mol. The number of carbonyl (C=O) groups is 2. The summed E-state index contributed by atoms with van der Waals surface area (Å²) >= 11 is 0. The van der Waals surface area contributed by atoms with Crippen molar-refractivity contribution in [3.8, 4) is 11.3 Å². The number of hydrogen-bond donors (Lipinski definition) is 3. The Morgan fingerprint density at radius 2 is 1.77 bits per heavy atom. The largest absolute Gasteiger partial charge is 0.441 e. The summed E-state index contributed by atoms with van der Waals surface area (Å²) in [5, 5.41) is 3.03. The second-order valence-electron chi connectivity index (χ2n) is 6.89. The zero-order valence-corrected chi connectivity index (χ0v) is 16.8. The highest BCUT2D eigenvalue weighted by Gasteiger charge is 2.10. The minimum absolute atomic E-state index is 0.0327. The Balaban J connectivity index is 1.39. The molecule has 8 heteroatoms. The molecular weight excluding hydrogens is 387 g/mol. The lowest BCUT2D eigenvalue weighted by Crippen LogP contribution is -2.44. The molecule has 2 amide bonds. The van der Waals surface area contributed by atoms with Crippen LogP contribution in [0.25, 0.3) is 11.3 Å². The van der Waals surface area contributed by atoms with E-state index in [9.17, 15) is 14.0 Å². The lowest BCUT2D eigenvalue weighted by Gasteiger charge is -2.11. The second-order valence-corrected chi connectivity index (χ2v) is 6.89. The summed E-state index contributed by atoms with van der Waals surface area (Å²) in [5.74, 6) is -0.181. The highest BCUT2D eigenvalue weighted by molar-refractivity contribution is 5.84. The molecule has 0 saturated heterocycles. The summed E-state index contributed by atoms with van der Waals surface area (Å²) in [5.41, 5.74) is 8.48. The first kappa shape index (κ1) is 21.0. The number of benzene rings is 2. The third kappa shape index (κ3) is 5.91. The number of aromatic nitrogens is 1. The number of aryl methyl sites for hydroxylation is 3. The van der Waals surface area contributed by atoms with Crippen molar-refractivity contribution < 1.29 is 18.4 Å². The second kappa shape index (κ2) is 9.69. The van der Waals surface area contributed by atoms with Crippen LogP contribution in [0.4, 0.5) is 10.1 Å². The van der Waals surface area contributed by atoms with E-state index < -0.39 is 0 Å². The third-order valence-electron chi connectivity index (χ3n) is 4.41. The van der Waals surface area contributed by atoms with Crippen molar-refractivity contribution in [2.24, 2.45) is 0 Å². The van der Waals surface area contributed by atoms with E-state index in [1.54, 1.807) is 12.1 Å². The van der Waals surface area contributed by atoms with Gasteiger partial charge in [0.05, 0.1) is 12.7 Å². The van der Waals surface area contributed by atoms with Crippen LogP contribution in [0, 0.1) is 19.7 Å². The fourth-order valence-corrected chi connectivity index (χ4v) is 2.83. The molecule has 0 fully saturated rings. The van der Waals surface area contributed by atoms with Crippen molar-refractivity contribution in [1.82, 2.24) is 15.8 Å². The van der Waals surface area contributed by atoms with Crippen LogP contribution in [0.1, 0.15) is 23.4 Å². The van der Waals surface area contributed by atoms with E-state index in [-0.39, 0.29) is 37.0 Å². The van der Waals surface area contributed by atoms with E-state index >= 15 is 0 Å². The molecule has 2 aromatic carbocycles. The minimum atomic E-state index is -0.364. The van der Waals surface area contributed by atoms with Gasteiger partial charge < -0.3 is 9.73 Å². The SMILES string of the molecule is Cc1ccc(NCC(=O)NNC(=O)CCc2ncc(-c3ccc(F)cc3)o2)c(C)c1. The van der Waals surface area contributed by atoms with Crippen LogP contribution in [0.2, 0.25) is 0 Å². The molecule has 0 saturated carbocycles. The van der Waals surface area contributed by atoms with Gasteiger partial charge in [-0.1, -0.05) is 17.7 Å². The number of amides is 2. The Morgan fingerprint density at radius 1 is 1.03 bits per heavy atom. The fraction of sp³-hybridized carbons (Fsp3) is 0.227. The van der Waals surface area contributed by atoms with Gasteiger partial charge in [-0.25, -0.2) is 9.37 Å². The molecule has 0 aliphatic carbocycles. The standard InChI is InChI=1S/C22H23FN4O3/c1-14-3-8-18(15(2)11-14)24-13-21(29)27-26-20(28)9-10-22-25-12-19(30-22)16-4-6-17(23)7-5-16/h3-8,11-12,24H,9-10,13H2,1-2H3,(H,26,28)(H,27,29). The smallest absolute Gasteiger partial charge is 0.257 e. The molecule has 0 aliphatic heterocycles. The number of anilines is 1. The normalized spacial score (nSPS) is 10.5. The maximum atomic E-state index is 13.0. The Hall–Kier alpha value is -3.68. The summed E-state index contributed by atoms with van der Waals surface area (Å²) in [4.78, 5) is 28.0. The van der Waals surface area contributed by atoms with E-state index in [0.717, 1.165) is 16.8 Å². The van der Waals surface area contributed by atoms with Gasteiger partial charge in [0.15, 0.2) is 11.7 Å². The third-order valence-corrected chi connectivity index (χ3v) is 4.41. The first-order valence-corrected chi connectivity index (χ1v) is 9.50. The Labute approximate surface area is 173 Å². The van der Waals surface area contributed by atoms with Gasteiger partial charge in [-0.2, -0.15) is 0 Å². The number of nitrogens with zero attached hydrogens (tertiary/aromatic N) is 1. The Bertz CT molecular complexity index is 1030. The first-order valence-electron chi connectivity index (χ1n) is 9.50. The molecule has 7 nitrogen and oxygen atoms in total. The van der Waals surface area contributed by atoms with Crippen molar-refractivity contribution in [3.63, 3.8) is 0 Å². The fourth-order valence-electron chi connectivity index (χ4n) is 2.83. The van der Waals surface area contributed by atoms with E-state index in [1.807, 2.05) is 32.0 Å². The molecule has 0 unspecified atom stereocenters. The zero-order chi connectivity index (χ0) is 21.5. The molecule has 0 atom stereocenters.